The standard InChI is InChI=1S/C12H17NO2/c1-2-3-7-12-8-5-4-6-9(12)10(14)13-11(12)15/h4-5,9H,2-3,6-8H2,1H3,(H,13,14,15). The Morgan fingerprint density at radius 2 is 2.27 bits per heavy atom. The van der Waals surface area contributed by atoms with Gasteiger partial charge in [0.25, 0.3) is 0 Å². The van der Waals surface area contributed by atoms with E-state index in [0.29, 0.717) is 0 Å². The summed E-state index contributed by atoms with van der Waals surface area (Å²) in [5, 5.41) is 2.49. The van der Waals surface area contributed by atoms with Gasteiger partial charge in [-0.3, -0.25) is 14.9 Å². The molecule has 82 valence electrons. The molecule has 3 heteroatoms. The lowest BCUT2D eigenvalue weighted by Crippen LogP contribution is -2.36. The number of hydrogen-bond donors (Lipinski definition) is 1. The number of carbonyl (C=O) groups excluding carboxylic acids is 2. The summed E-state index contributed by atoms with van der Waals surface area (Å²) in [6.45, 7) is 2.11. The predicted molar refractivity (Wildman–Crippen MR) is 57.0 cm³/mol. The summed E-state index contributed by atoms with van der Waals surface area (Å²) in [5.41, 5.74) is -0.415. The lowest BCUT2D eigenvalue weighted by Gasteiger charge is -2.32. The van der Waals surface area contributed by atoms with E-state index < -0.39 is 5.41 Å². The molecule has 0 radical (unpaired) electrons. The minimum atomic E-state index is -0.415. The van der Waals surface area contributed by atoms with Crippen molar-refractivity contribution in [1.29, 1.82) is 0 Å². The summed E-state index contributed by atoms with van der Waals surface area (Å²) in [6, 6.07) is 0. The van der Waals surface area contributed by atoms with Gasteiger partial charge in [-0.05, 0) is 19.3 Å². The maximum atomic E-state index is 11.9. The Hall–Kier alpha value is -1.12. The van der Waals surface area contributed by atoms with Crippen LogP contribution in [-0.4, -0.2) is 11.8 Å². The van der Waals surface area contributed by atoms with E-state index in [1.165, 1.54) is 0 Å². The number of amides is 2. The van der Waals surface area contributed by atoms with Gasteiger partial charge in [0.2, 0.25) is 11.8 Å². The lowest BCUT2D eigenvalue weighted by atomic mass is 9.67. The van der Waals surface area contributed by atoms with Crippen LogP contribution in [0, 0.1) is 11.3 Å². The van der Waals surface area contributed by atoms with Crippen LogP contribution in [0.1, 0.15) is 39.0 Å². The number of imide groups is 1. The van der Waals surface area contributed by atoms with Crippen LogP contribution in [0.15, 0.2) is 12.2 Å². The van der Waals surface area contributed by atoms with Crippen LogP contribution in [0.5, 0.6) is 0 Å². The van der Waals surface area contributed by atoms with Gasteiger partial charge in [0.05, 0.1) is 11.3 Å². The monoisotopic (exact) mass is 207 g/mol. The maximum absolute atomic E-state index is 11.9. The SMILES string of the molecule is CCCCC12CC=CCC1C(=O)NC2=O. The van der Waals surface area contributed by atoms with E-state index in [9.17, 15) is 9.59 Å². The van der Waals surface area contributed by atoms with Crippen LogP contribution in [0.4, 0.5) is 0 Å². The normalized spacial score (nSPS) is 34.1. The van der Waals surface area contributed by atoms with E-state index in [1.54, 1.807) is 0 Å². The molecule has 2 rings (SSSR count). The zero-order valence-corrected chi connectivity index (χ0v) is 9.08. The molecule has 0 aromatic heterocycles. The molecule has 2 aliphatic rings. The van der Waals surface area contributed by atoms with E-state index in [-0.39, 0.29) is 17.7 Å². The molecule has 0 aromatic carbocycles. The first-order valence-electron chi connectivity index (χ1n) is 5.71. The van der Waals surface area contributed by atoms with Crippen molar-refractivity contribution in [3.05, 3.63) is 12.2 Å². The second kappa shape index (κ2) is 3.80. The minimum absolute atomic E-state index is 0.0460. The van der Waals surface area contributed by atoms with E-state index in [1.807, 2.05) is 12.2 Å². The molecule has 2 unspecified atom stereocenters. The second-order valence-electron chi connectivity index (χ2n) is 4.54. The first-order chi connectivity index (χ1) is 7.20. The number of unbranched alkanes of at least 4 members (excludes halogenated alkanes) is 1. The van der Waals surface area contributed by atoms with Crippen LogP contribution < -0.4 is 5.32 Å². The molecule has 0 bridgehead atoms. The number of nitrogens with one attached hydrogen (secondary N) is 1. The van der Waals surface area contributed by atoms with Crippen molar-refractivity contribution >= 4 is 11.8 Å². The highest BCUT2D eigenvalue weighted by atomic mass is 16.2. The minimum Gasteiger partial charge on any atom is -0.296 e. The average molecular weight is 207 g/mol. The molecule has 2 amide bonds. The van der Waals surface area contributed by atoms with Crippen LogP contribution in [0.2, 0.25) is 0 Å². The summed E-state index contributed by atoms with van der Waals surface area (Å²) in [4.78, 5) is 23.5. The fraction of sp³-hybridized carbons (Fsp3) is 0.667. The summed E-state index contributed by atoms with van der Waals surface area (Å²) in [6.07, 6.45) is 8.45. The molecule has 1 saturated heterocycles. The van der Waals surface area contributed by atoms with Gasteiger partial charge in [-0.2, -0.15) is 0 Å². The Morgan fingerprint density at radius 3 is 3.00 bits per heavy atom. The Labute approximate surface area is 89.9 Å². The highest BCUT2D eigenvalue weighted by Gasteiger charge is 2.54. The molecule has 0 saturated carbocycles. The molecule has 15 heavy (non-hydrogen) atoms. The van der Waals surface area contributed by atoms with Crippen LogP contribution >= 0.6 is 0 Å². The van der Waals surface area contributed by atoms with E-state index in [4.69, 9.17) is 0 Å². The molecule has 0 spiro atoms. The van der Waals surface area contributed by atoms with E-state index >= 15 is 0 Å². The summed E-state index contributed by atoms with van der Waals surface area (Å²) in [5.74, 6) is -0.225. The second-order valence-corrected chi connectivity index (χ2v) is 4.54. The number of allylic oxidation sites excluding steroid dienone is 2. The first kappa shape index (κ1) is 10.4. The molecule has 0 aromatic rings. The van der Waals surface area contributed by atoms with E-state index in [2.05, 4.69) is 12.2 Å². The van der Waals surface area contributed by atoms with Gasteiger partial charge in [-0.25, -0.2) is 0 Å². The first-order valence-corrected chi connectivity index (χ1v) is 5.71. The van der Waals surface area contributed by atoms with Gasteiger partial charge in [0.15, 0.2) is 0 Å². The van der Waals surface area contributed by atoms with Gasteiger partial charge in [-0.15, -0.1) is 0 Å². The molecule has 1 fully saturated rings. The van der Waals surface area contributed by atoms with Gasteiger partial charge in [0, 0.05) is 0 Å². The maximum Gasteiger partial charge on any atom is 0.233 e. The van der Waals surface area contributed by atoms with Crippen molar-refractivity contribution in [2.75, 3.05) is 0 Å². The molecular weight excluding hydrogens is 190 g/mol. The van der Waals surface area contributed by atoms with Gasteiger partial charge in [-0.1, -0.05) is 31.9 Å². The summed E-state index contributed by atoms with van der Waals surface area (Å²) in [7, 11) is 0. The Balaban J connectivity index is 2.26. The van der Waals surface area contributed by atoms with E-state index in [0.717, 1.165) is 32.1 Å². The van der Waals surface area contributed by atoms with Gasteiger partial charge >= 0.3 is 0 Å². The smallest absolute Gasteiger partial charge is 0.233 e. The zero-order chi connectivity index (χ0) is 10.9. The summed E-state index contributed by atoms with van der Waals surface area (Å²) >= 11 is 0. The molecule has 1 aliphatic carbocycles. The van der Waals surface area contributed by atoms with Crippen molar-refractivity contribution in [3.63, 3.8) is 0 Å². The topological polar surface area (TPSA) is 46.2 Å². The molecule has 3 nitrogen and oxygen atoms in total. The molecule has 1 aliphatic heterocycles. The molecule has 1 heterocycles. The number of carbonyl (C=O) groups is 2. The lowest BCUT2D eigenvalue weighted by molar-refractivity contribution is -0.129. The third-order valence-corrected chi connectivity index (χ3v) is 3.67. The summed E-state index contributed by atoms with van der Waals surface area (Å²) < 4.78 is 0. The third kappa shape index (κ3) is 1.50. The quantitative estimate of drug-likeness (QED) is 0.566. The van der Waals surface area contributed by atoms with Crippen molar-refractivity contribution in [2.24, 2.45) is 11.3 Å². The van der Waals surface area contributed by atoms with Crippen molar-refractivity contribution < 1.29 is 9.59 Å². The van der Waals surface area contributed by atoms with Crippen molar-refractivity contribution in [2.45, 2.75) is 39.0 Å². The highest BCUT2D eigenvalue weighted by molar-refractivity contribution is 6.07. The fourth-order valence-corrected chi connectivity index (χ4v) is 2.71. The Morgan fingerprint density at radius 1 is 1.47 bits per heavy atom. The number of rotatable bonds is 3. The van der Waals surface area contributed by atoms with Crippen LogP contribution in [0.25, 0.3) is 0 Å². The number of fused-ring (bicyclic) bond motifs is 1. The van der Waals surface area contributed by atoms with Crippen molar-refractivity contribution in [1.82, 2.24) is 5.32 Å². The fourth-order valence-electron chi connectivity index (χ4n) is 2.71. The van der Waals surface area contributed by atoms with Gasteiger partial charge < -0.3 is 0 Å². The average Bonchev–Trinajstić information content (AvgIpc) is 2.50. The predicted octanol–water partition coefficient (Wildman–Crippen LogP) is 1.79. The largest absolute Gasteiger partial charge is 0.296 e. The molecule has 1 N–H and O–H groups in total. The Bertz CT molecular complexity index is 322. The Kier molecular flexibility index (Phi) is 2.63. The van der Waals surface area contributed by atoms with Crippen LogP contribution in [0.3, 0.4) is 0 Å². The molecular formula is C12H17NO2. The highest BCUT2D eigenvalue weighted by Crippen LogP contribution is 2.46. The van der Waals surface area contributed by atoms with Crippen molar-refractivity contribution in [3.8, 4) is 0 Å². The molecule has 2 atom stereocenters. The van der Waals surface area contributed by atoms with Crippen LogP contribution in [-0.2, 0) is 9.59 Å². The van der Waals surface area contributed by atoms with Gasteiger partial charge in [0.1, 0.15) is 0 Å². The zero-order valence-electron chi connectivity index (χ0n) is 9.08. The third-order valence-electron chi connectivity index (χ3n) is 3.67. The number of hydrogen-bond acceptors (Lipinski definition) is 2.